The van der Waals surface area contributed by atoms with Gasteiger partial charge in [-0.15, -0.1) is 0 Å². The van der Waals surface area contributed by atoms with Crippen molar-refractivity contribution >= 4 is 0 Å². The molecule has 3 heteroatoms. The van der Waals surface area contributed by atoms with E-state index in [0.717, 1.165) is 12.3 Å². The molecule has 1 saturated heterocycles. The molecule has 0 bridgehead atoms. The van der Waals surface area contributed by atoms with Crippen LogP contribution in [0.3, 0.4) is 0 Å². The van der Waals surface area contributed by atoms with Crippen LogP contribution in [0.15, 0.2) is 22.8 Å². The Morgan fingerprint density at radius 3 is 2.73 bits per heavy atom. The molecule has 15 heavy (non-hydrogen) atoms. The van der Waals surface area contributed by atoms with E-state index in [4.69, 9.17) is 10.2 Å². The van der Waals surface area contributed by atoms with Gasteiger partial charge in [-0.05, 0) is 38.1 Å². The quantitative estimate of drug-likeness (QED) is 0.820. The molecule has 0 spiro atoms. The van der Waals surface area contributed by atoms with Gasteiger partial charge in [0.1, 0.15) is 5.76 Å². The van der Waals surface area contributed by atoms with Crippen molar-refractivity contribution in [2.24, 2.45) is 5.73 Å². The summed E-state index contributed by atoms with van der Waals surface area (Å²) in [4.78, 5) is 2.50. The molecule has 1 aliphatic rings. The first kappa shape index (κ1) is 10.7. The predicted molar refractivity (Wildman–Crippen MR) is 60.8 cm³/mol. The average Bonchev–Trinajstić information content (AvgIpc) is 2.81. The van der Waals surface area contributed by atoms with Crippen molar-refractivity contribution in [3.8, 4) is 0 Å². The summed E-state index contributed by atoms with van der Waals surface area (Å²) in [5.74, 6) is 1.39. The van der Waals surface area contributed by atoms with Gasteiger partial charge in [0.05, 0.1) is 6.26 Å². The van der Waals surface area contributed by atoms with Crippen LogP contribution in [0.4, 0.5) is 0 Å². The smallest absolute Gasteiger partial charge is 0.109 e. The molecule has 0 amide bonds. The third-order valence-electron chi connectivity index (χ3n) is 3.16. The summed E-state index contributed by atoms with van der Waals surface area (Å²) in [7, 11) is 0. The Morgan fingerprint density at radius 2 is 2.13 bits per heavy atom. The highest BCUT2D eigenvalue weighted by molar-refractivity contribution is 5.06. The number of piperidine rings is 1. The van der Waals surface area contributed by atoms with Gasteiger partial charge in [0.2, 0.25) is 0 Å². The molecule has 1 atom stereocenters. The van der Waals surface area contributed by atoms with E-state index in [9.17, 15) is 0 Å². The van der Waals surface area contributed by atoms with Crippen molar-refractivity contribution in [3.63, 3.8) is 0 Å². The molecule has 1 unspecified atom stereocenters. The van der Waals surface area contributed by atoms with Crippen LogP contribution in [0.25, 0.3) is 0 Å². The van der Waals surface area contributed by atoms with Crippen molar-refractivity contribution < 1.29 is 4.42 Å². The van der Waals surface area contributed by atoms with Gasteiger partial charge >= 0.3 is 0 Å². The zero-order valence-electron chi connectivity index (χ0n) is 9.19. The fourth-order valence-electron chi connectivity index (χ4n) is 2.26. The number of hydrogen-bond acceptors (Lipinski definition) is 3. The minimum Gasteiger partial charge on any atom is -0.469 e. The summed E-state index contributed by atoms with van der Waals surface area (Å²) in [6.07, 6.45) is 5.77. The van der Waals surface area contributed by atoms with Crippen LogP contribution in [0.2, 0.25) is 0 Å². The fourth-order valence-corrected chi connectivity index (χ4v) is 2.26. The lowest BCUT2D eigenvalue weighted by Crippen LogP contribution is -2.35. The summed E-state index contributed by atoms with van der Waals surface area (Å²) < 4.78 is 5.42. The van der Waals surface area contributed by atoms with Crippen LogP contribution in [-0.2, 0) is 0 Å². The van der Waals surface area contributed by atoms with Crippen molar-refractivity contribution in [1.82, 2.24) is 4.90 Å². The first-order valence-electron chi connectivity index (χ1n) is 5.86. The van der Waals surface area contributed by atoms with Crippen molar-refractivity contribution in [2.75, 3.05) is 26.2 Å². The maximum atomic E-state index is 5.79. The number of rotatable bonds is 4. The molecule has 3 nitrogen and oxygen atoms in total. The molecule has 0 aliphatic carbocycles. The van der Waals surface area contributed by atoms with Gasteiger partial charge in [0, 0.05) is 19.0 Å². The Hall–Kier alpha value is -0.800. The van der Waals surface area contributed by atoms with Gasteiger partial charge in [-0.25, -0.2) is 0 Å². The van der Waals surface area contributed by atoms with Gasteiger partial charge < -0.3 is 15.1 Å². The van der Waals surface area contributed by atoms with Gasteiger partial charge in [0.15, 0.2) is 0 Å². The Balaban J connectivity index is 1.90. The molecule has 2 rings (SSSR count). The van der Waals surface area contributed by atoms with Crippen molar-refractivity contribution in [1.29, 1.82) is 0 Å². The van der Waals surface area contributed by atoms with Gasteiger partial charge in [-0.3, -0.25) is 0 Å². The molecule has 0 saturated carbocycles. The Bertz CT molecular complexity index is 265. The van der Waals surface area contributed by atoms with E-state index in [2.05, 4.69) is 4.90 Å². The highest BCUT2D eigenvalue weighted by Crippen LogP contribution is 2.18. The molecule has 1 fully saturated rings. The van der Waals surface area contributed by atoms with E-state index in [0.29, 0.717) is 12.5 Å². The molecule has 2 heterocycles. The largest absolute Gasteiger partial charge is 0.469 e. The van der Waals surface area contributed by atoms with E-state index in [-0.39, 0.29) is 0 Å². The van der Waals surface area contributed by atoms with Gasteiger partial charge in [-0.2, -0.15) is 0 Å². The summed E-state index contributed by atoms with van der Waals surface area (Å²) in [5, 5.41) is 0. The molecule has 0 radical (unpaired) electrons. The molecule has 84 valence electrons. The minimum atomic E-state index is 0.359. The number of furan rings is 1. The first-order chi connectivity index (χ1) is 7.40. The highest BCUT2D eigenvalue weighted by Gasteiger charge is 2.18. The SMILES string of the molecule is NCC(CN1CCCCC1)c1ccco1. The number of likely N-dealkylation sites (tertiary alicyclic amines) is 1. The molecule has 1 aromatic rings. The fraction of sp³-hybridized carbons (Fsp3) is 0.667. The van der Waals surface area contributed by atoms with Crippen molar-refractivity contribution in [3.05, 3.63) is 24.2 Å². The lowest BCUT2D eigenvalue weighted by Gasteiger charge is -2.29. The highest BCUT2D eigenvalue weighted by atomic mass is 16.3. The topological polar surface area (TPSA) is 42.4 Å². The number of nitrogens with two attached hydrogens (primary N) is 1. The Morgan fingerprint density at radius 1 is 1.33 bits per heavy atom. The van der Waals surface area contributed by atoms with E-state index >= 15 is 0 Å². The average molecular weight is 208 g/mol. The summed E-state index contributed by atoms with van der Waals surface area (Å²) in [6.45, 7) is 4.16. The minimum absolute atomic E-state index is 0.359. The summed E-state index contributed by atoms with van der Waals surface area (Å²) in [6, 6.07) is 3.97. The van der Waals surface area contributed by atoms with Crippen LogP contribution in [0.1, 0.15) is 30.9 Å². The van der Waals surface area contributed by atoms with Crippen LogP contribution < -0.4 is 5.73 Å². The van der Waals surface area contributed by atoms with Gasteiger partial charge in [-0.1, -0.05) is 6.42 Å². The molecule has 1 aliphatic heterocycles. The van der Waals surface area contributed by atoms with Crippen LogP contribution in [-0.4, -0.2) is 31.1 Å². The van der Waals surface area contributed by atoms with Crippen LogP contribution in [0, 0.1) is 0 Å². The summed E-state index contributed by atoms with van der Waals surface area (Å²) in [5.41, 5.74) is 5.79. The lowest BCUT2D eigenvalue weighted by atomic mass is 10.0. The van der Waals surface area contributed by atoms with E-state index in [1.54, 1.807) is 6.26 Å². The number of nitrogens with zero attached hydrogens (tertiary/aromatic N) is 1. The third kappa shape index (κ3) is 2.83. The predicted octanol–water partition coefficient (Wildman–Crippen LogP) is 1.81. The maximum absolute atomic E-state index is 5.79. The second-order valence-electron chi connectivity index (χ2n) is 4.31. The second kappa shape index (κ2) is 5.33. The second-order valence-corrected chi connectivity index (χ2v) is 4.31. The zero-order valence-corrected chi connectivity index (χ0v) is 9.19. The third-order valence-corrected chi connectivity index (χ3v) is 3.16. The normalized spacial score (nSPS) is 20.3. The molecule has 2 N–H and O–H groups in total. The Labute approximate surface area is 91.2 Å². The Kier molecular flexibility index (Phi) is 3.80. The maximum Gasteiger partial charge on any atom is 0.109 e. The monoisotopic (exact) mass is 208 g/mol. The van der Waals surface area contributed by atoms with E-state index < -0.39 is 0 Å². The molecule has 0 aromatic carbocycles. The summed E-state index contributed by atoms with van der Waals surface area (Å²) >= 11 is 0. The lowest BCUT2D eigenvalue weighted by molar-refractivity contribution is 0.209. The van der Waals surface area contributed by atoms with Crippen LogP contribution in [0.5, 0.6) is 0 Å². The standard InChI is InChI=1S/C12H20N2O/c13-9-11(12-5-4-8-15-12)10-14-6-2-1-3-7-14/h4-5,8,11H,1-3,6-7,9-10,13H2. The first-order valence-corrected chi connectivity index (χ1v) is 5.86. The number of hydrogen-bond donors (Lipinski definition) is 1. The molecule has 1 aromatic heterocycles. The van der Waals surface area contributed by atoms with Crippen molar-refractivity contribution in [2.45, 2.75) is 25.2 Å². The van der Waals surface area contributed by atoms with Gasteiger partial charge in [0.25, 0.3) is 0 Å². The molecular formula is C12H20N2O. The van der Waals surface area contributed by atoms with E-state index in [1.807, 2.05) is 12.1 Å². The van der Waals surface area contributed by atoms with E-state index in [1.165, 1.54) is 32.4 Å². The van der Waals surface area contributed by atoms with Crippen LogP contribution >= 0.6 is 0 Å². The molecular weight excluding hydrogens is 188 g/mol. The zero-order chi connectivity index (χ0) is 10.5.